The molecule has 10 heteroatoms. The second-order valence-corrected chi connectivity index (χ2v) is 12.6. The number of carbonyl (C=O) groups excluding carboxylic acids is 1. The summed E-state index contributed by atoms with van der Waals surface area (Å²) in [6, 6.07) is 18.0. The Labute approximate surface area is 230 Å². The van der Waals surface area contributed by atoms with Gasteiger partial charge in [-0.25, -0.2) is 13.4 Å². The summed E-state index contributed by atoms with van der Waals surface area (Å²) in [6.07, 6.45) is -0.673. The van der Waals surface area contributed by atoms with Gasteiger partial charge in [-0.05, 0) is 67.8 Å². The Morgan fingerprint density at radius 3 is 2.54 bits per heavy atom. The fourth-order valence-corrected chi connectivity index (χ4v) is 5.78. The number of nitrogens with zero attached hydrogens (tertiary/aromatic N) is 3. The number of hydrogen-bond acceptors (Lipinski definition) is 7. The summed E-state index contributed by atoms with van der Waals surface area (Å²) < 4.78 is 35.6. The van der Waals surface area contributed by atoms with E-state index in [-0.39, 0.29) is 23.9 Å². The minimum atomic E-state index is -3.99. The van der Waals surface area contributed by atoms with Crippen molar-refractivity contribution in [2.75, 3.05) is 36.4 Å². The van der Waals surface area contributed by atoms with Gasteiger partial charge in [0, 0.05) is 19.7 Å². The van der Waals surface area contributed by atoms with Crippen LogP contribution in [0.2, 0.25) is 0 Å². The van der Waals surface area contributed by atoms with Crippen LogP contribution >= 0.6 is 0 Å². The average molecular weight is 553 g/mol. The van der Waals surface area contributed by atoms with E-state index in [0.29, 0.717) is 17.1 Å². The maximum atomic E-state index is 14.1. The van der Waals surface area contributed by atoms with Crippen LogP contribution in [0.1, 0.15) is 39.2 Å². The van der Waals surface area contributed by atoms with E-state index in [0.717, 1.165) is 16.9 Å². The van der Waals surface area contributed by atoms with Crippen LogP contribution in [0.25, 0.3) is 11.3 Å². The number of sulfonamides is 1. The maximum absolute atomic E-state index is 14.1. The largest absolute Gasteiger partial charge is 0.484 e. The third kappa shape index (κ3) is 6.17. The Morgan fingerprint density at radius 2 is 1.87 bits per heavy atom. The van der Waals surface area contributed by atoms with Gasteiger partial charge in [0.05, 0.1) is 29.4 Å². The number of anilines is 2. The van der Waals surface area contributed by atoms with E-state index < -0.39 is 27.6 Å². The molecule has 9 nitrogen and oxygen atoms in total. The van der Waals surface area contributed by atoms with Crippen molar-refractivity contribution in [2.45, 2.75) is 50.2 Å². The van der Waals surface area contributed by atoms with Gasteiger partial charge < -0.3 is 20.1 Å². The lowest BCUT2D eigenvalue weighted by Crippen LogP contribution is -2.51. The Morgan fingerprint density at radius 1 is 1.15 bits per heavy atom. The molecule has 0 spiro atoms. The van der Waals surface area contributed by atoms with Crippen LogP contribution in [0.4, 0.5) is 11.5 Å². The molecule has 1 aliphatic rings. The van der Waals surface area contributed by atoms with Crippen molar-refractivity contribution in [1.29, 1.82) is 0 Å². The van der Waals surface area contributed by atoms with E-state index in [4.69, 9.17) is 9.72 Å². The quantitative estimate of drug-likeness (QED) is 0.437. The molecule has 0 fully saturated rings. The molecule has 0 bridgehead atoms. The third-order valence-electron chi connectivity index (χ3n) is 6.54. The first-order valence-electron chi connectivity index (χ1n) is 12.9. The minimum absolute atomic E-state index is 0.0223. The van der Waals surface area contributed by atoms with Crippen molar-refractivity contribution in [3.63, 3.8) is 0 Å². The van der Waals surface area contributed by atoms with Crippen molar-refractivity contribution in [3.8, 4) is 17.0 Å². The van der Waals surface area contributed by atoms with Crippen LogP contribution in [0.15, 0.2) is 65.6 Å². The van der Waals surface area contributed by atoms with Crippen molar-refractivity contribution in [1.82, 2.24) is 10.3 Å². The van der Waals surface area contributed by atoms with Crippen molar-refractivity contribution in [2.24, 2.45) is 0 Å². The van der Waals surface area contributed by atoms with Gasteiger partial charge in [0.1, 0.15) is 23.3 Å². The zero-order valence-electron chi connectivity index (χ0n) is 23.2. The van der Waals surface area contributed by atoms with Crippen molar-refractivity contribution < 1.29 is 23.1 Å². The lowest BCUT2D eigenvalue weighted by atomic mass is 10.0. The molecular weight excluding hydrogens is 516 g/mol. The SMILES string of the molecule is CC(C)c1cccc(S(=O)(=O)N2CC(CNC(=O)C(C)(C)O)Oc3ccc(-c4cccc(N(C)C)n4)cc32)c1. The number of aromatic nitrogens is 1. The molecule has 2 N–H and O–H groups in total. The van der Waals surface area contributed by atoms with Crippen LogP contribution < -0.4 is 19.3 Å². The second kappa shape index (κ2) is 10.9. The number of ether oxygens (including phenoxy) is 1. The summed E-state index contributed by atoms with van der Waals surface area (Å²) in [4.78, 5) is 19.1. The summed E-state index contributed by atoms with van der Waals surface area (Å²) in [5.74, 6) is 0.737. The van der Waals surface area contributed by atoms with Gasteiger partial charge in [-0.15, -0.1) is 0 Å². The highest BCUT2D eigenvalue weighted by atomic mass is 32.2. The number of fused-ring (bicyclic) bond motifs is 1. The third-order valence-corrected chi connectivity index (χ3v) is 8.31. The predicted molar refractivity (Wildman–Crippen MR) is 153 cm³/mol. The first-order chi connectivity index (χ1) is 18.3. The molecule has 1 aliphatic heterocycles. The first kappa shape index (κ1) is 28.4. The molecule has 2 aromatic carbocycles. The number of hydrogen-bond donors (Lipinski definition) is 2. The van der Waals surface area contributed by atoms with E-state index in [1.165, 1.54) is 18.2 Å². The van der Waals surface area contributed by atoms with E-state index >= 15 is 0 Å². The minimum Gasteiger partial charge on any atom is -0.484 e. The molecule has 0 saturated heterocycles. The highest BCUT2D eigenvalue weighted by Gasteiger charge is 2.36. The monoisotopic (exact) mass is 552 g/mol. The van der Waals surface area contributed by atoms with Crippen LogP contribution in [-0.4, -0.2) is 63.3 Å². The summed E-state index contributed by atoms with van der Waals surface area (Å²) in [6.45, 7) is 6.80. The average Bonchev–Trinajstić information content (AvgIpc) is 2.90. The molecule has 208 valence electrons. The lowest BCUT2D eigenvalue weighted by molar-refractivity contribution is -0.136. The normalized spacial score (nSPS) is 15.5. The molecule has 1 aromatic heterocycles. The second-order valence-electron chi connectivity index (χ2n) is 10.7. The van der Waals surface area contributed by atoms with Gasteiger partial charge in [-0.1, -0.05) is 32.0 Å². The van der Waals surface area contributed by atoms with E-state index in [1.54, 1.807) is 30.3 Å². The molecule has 1 amide bonds. The first-order valence-corrected chi connectivity index (χ1v) is 14.3. The molecule has 0 saturated carbocycles. The number of nitrogens with one attached hydrogen (secondary N) is 1. The van der Waals surface area contributed by atoms with Gasteiger partial charge in [0.2, 0.25) is 0 Å². The predicted octanol–water partition coefficient (Wildman–Crippen LogP) is 3.78. The summed E-state index contributed by atoms with van der Waals surface area (Å²) in [5, 5.41) is 12.7. The number of carbonyl (C=O) groups is 1. The molecule has 1 unspecified atom stereocenters. The smallest absolute Gasteiger partial charge is 0.264 e. The van der Waals surface area contributed by atoms with E-state index in [1.807, 2.05) is 63.2 Å². The van der Waals surface area contributed by atoms with Gasteiger partial charge in [0.15, 0.2) is 0 Å². The standard InChI is InChI=1S/C29H36N4O5S/c1-19(2)20-9-7-10-23(15-20)39(36,37)33-18-22(17-30-28(34)29(3,4)35)38-26-14-13-21(16-25(26)33)24-11-8-12-27(31-24)32(5)6/h7-16,19,22,35H,17-18H2,1-6H3,(H,30,34). The van der Waals surface area contributed by atoms with Gasteiger partial charge in [0.25, 0.3) is 15.9 Å². The Kier molecular flexibility index (Phi) is 7.90. The molecule has 39 heavy (non-hydrogen) atoms. The Balaban J connectivity index is 1.77. The Hall–Kier alpha value is -3.63. The molecule has 4 rings (SSSR count). The van der Waals surface area contributed by atoms with E-state index in [9.17, 15) is 18.3 Å². The highest BCUT2D eigenvalue weighted by Crippen LogP contribution is 2.40. The Bertz CT molecular complexity index is 1460. The zero-order valence-corrected chi connectivity index (χ0v) is 24.0. The van der Waals surface area contributed by atoms with Crippen LogP contribution in [-0.2, 0) is 14.8 Å². The summed E-state index contributed by atoms with van der Waals surface area (Å²) >= 11 is 0. The number of aliphatic hydroxyl groups is 1. The van der Waals surface area contributed by atoms with Crippen molar-refractivity contribution >= 4 is 27.4 Å². The van der Waals surface area contributed by atoms with Crippen LogP contribution in [0.3, 0.4) is 0 Å². The molecular formula is C29H36N4O5S. The highest BCUT2D eigenvalue weighted by molar-refractivity contribution is 7.92. The molecule has 2 heterocycles. The van der Waals surface area contributed by atoms with Gasteiger partial charge in [-0.2, -0.15) is 0 Å². The number of benzene rings is 2. The maximum Gasteiger partial charge on any atom is 0.264 e. The van der Waals surface area contributed by atoms with Crippen LogP contribution in [0.5, 0.6) is 5.75 Å². The van der Waals surface area contributed by atoms with E-state index in [2.05, 4.69) is 5.32 Å². The summed E-state index contributed by atoms with van der Waals surface area (Å²) in [5.41, 5.74) is 1.17. The fourth-order valence-electron chi connectivity index (χ4n) is 4.22. The number of pyridine rings is 1. The number of amides is 1. The number of rotatable bonds is 8. The van der Waals surface area contributed by atoms with Crippen molar-refractivity contribution in [3.05, 3.63) is 66.2 Å². The summed E-state index contributed by atoms with van der Waals surface area (Å²) in [7, 11) is -0.177. The topological polar surface area (TPSA) is 112 Å². The molecule has 0 aliphatic carbocycles. The van der Waals surface area contributed by atoms with Gasteiger partial charge >= 0.3 is 0 Å². The molecule has 0 radical (unpaired) electrons. The zero-order chi connectivity index (χ0) is 28.5. The fraction of sp³-hybridized carbons (Fsp3) is 0.379. The molecule has 1 atom stereocenters. The van der Waals surface area contributed by atoms with Gasteiger partial charge in [-0.3, -0.25) is 9.10 Å². The lowest BCUT2D eigenvalue weighted by Gasteiger charge is -2.36. The van der Waals surface area contributed by atoms with Crippen LogP contribution in [0, 0.1) is 0 Å². The molecule has 3 aromatic rings.